The average Bonchev–Trinajstić information content (AvgIpc) is 2.90. The zero-order valence-electron chi connectivity index (χ0n) is 15.4. The summed E-state index contributed by atoms with van der Waals surface area (Å²) in [5.41, 5.74) is 1.60. The molecule has 0 radical (unpaired) electrons. The van der Waals surface area contributed by atoms with Gasteiger partial charge in [-0.1, -0.05) is 6.07 Å². The van der Waals surface area contributed by atoms with Gasteiger partial charge in [-0.2, -0.15) is 0 Å². The Hall–Kier alpha value is -2.58. The highest BCUT2D eigenvalue weighted by molar-refractivity contribution is 6.23. The van der Waals surface area contributed by atoms with E-state index in [-0.39, 0.29) is 18.7 Å². The first-order valence-corrected chi connectivity index (χ1v) is 9.83. The van der Waals surface area contributed by atoms with Crippen LogP contribution in [-0.4, -0.2) is 52.7 Å². The lowest BCUT2D eigenvalue weighted by Gasteiger charge is -2.46. The van der Waals surface area contributed by atoms with Gasteiger partial charge >= 0.3 is 0 Å². The molecular weight excluding hydrogens is 360 g/mol. The van der Waals surface area contributed by atoms with Crippen LogP contribution in [0.1, 0.15) is 58.4 Å². The van der Waals surface area contributed by atoms with Gasteiger partial charge in [0.05, 0.1) is 11.1 Å². The summed E-state index contributed by atoms with van der Waals surface area (Å²) in [5.74, 6) is -1.88. The maximum atomic E-state index is 12.9. The van der Waals surface area contributed by atoms with Crippen LogP contribution in [0.4, 0.5) is 0 Å². The van der Waals surface area contributed by atoms with Gasteiger partial charge in [-0.25, -0.2) is 0 Å². The van der Waals surface area contributed by atoms with Crippen molar-refractivity contribution < 1.29 is 19.2 Å². The van der Waals surface area contributed by atoms with Crippen molar-refractivity contribution in [1.29, 1.82) is 0 Å². The fourth-order valence-electron chi connectivity index (χ4n) is 4.82. The molecular formula is C20H22N4O4. The van der Waals surface area contributed by atoms with Crippen LogP contribution in [0.3, 0.4) is 0 Å². The monoisotopic (exact) mass is 382 g/mol. The topological polar surface area (TPSA) is 108 Å². The fourth-order valence-corrected chi connectivity index (χ4v) is 4.82. The average molecular weight is 382 g/mol. The van der Waals surface area contributed by atoms with Gasteiger partial charge in [-0.05, 0) is 43.4 Å². The van der Waals surface area contributed by atoms with Crippen LogP contribution in [0.25, 0.3) is 0 Å². The first-order valence-electron chi connectivity index (χ1n) is 9.83. The molecule has 28 heavy (non-hydrogen) atoms. The van der Waals surface area contributed by atoms with Gasteiger partial charge in [0.25, 0.3) is 11.8 Å². The largest absolute Gasteiger partial charge is 0.311 e. The summed E-state index contributed by atoms with van der Waals surface area (Å²) < 4.78 is 0. The first kappa shape index (κ1) is 17.5. The Labute approximate surface area is 162 Å². The van der Waals surface area contributed by atoms with Crippen LogP contribution in [0.5, 0.6) is 0 Å². The number of fused-ring (bicyclic) bond motifs is 3. The number of amides is 4. The number of benzene rings is 1. The summed E-state index contributed by atoms with van der Waals surface area (Å²) in [5, 5.41) is 9.27. The highest BCUT2D eigenvalue weighted by Gasteiger charge is 2.44. The number of hydrogen-bond donors (Lipinski definition) is 3. The van der Waals surface area contributed by atoms with E-state index in [4.69, 9.17) is 0 Å². The van der Waals surface area contributed by atoms with Gasteiger partial charge in [-0.3, -0.25) is 29.4 Å². The first-order chi connectivity index (χ1) is 13.5. The molecule has 1 aromatic rings. The van der Waals surface area contributed by atoms with Crippen molar-refractivity contribution in [3.05, 3.63) is 34.9 Å². The minimum atomic E-state index is -0.923. The highest BCUT2D eigenvalue weighted by atomic mass is 16.2. The number of hydrogen-bond acceptors (Lipinski definition) is 6. The van der Waals surface area contributed by atoms with Gasteiger partial charge in [0, 0.05) is 31.1 Å². The zero-order chi connectivity index (χ0) is 19.4. The maximum absolute atomic E-state index is 12.9. The van der Waals surface area contributed by atoms with Crippen molar-refractivity contribution in [2.45, 2.75) is 62.8 Å². The second kappa shape index (κ2) is 6.49. The molecule has 4 aliphatic heterocycles. The molecule has 2 bridgehead atoms. The predicted octanol–water partition coefficient (Wildman–Crippen LogP) is 0.0703. The van der Waals surface area contributed by atoms with Crippen LogP contribution >= 0.6 is 0 Å². The van der Waals surface area contributed by atoms with E-state index in [1.54, 1.807) is 12.1 Å². The van der Waals surface area contributed by atoms with Crippen LogP contribution < -0.4 is 16.0 Å². The number of nitrogens with zero attached hydrogens (tertiary/aromatic N) is 1. The standard InChI is InChI=1S/C20H22N4O4/c25-17-4-3-16(18(26)23-17)24-19(27)14-2-1-10(5-15(14)20(24)28)9-21-11-6-12-8-13(7-11)22-12/h1-2,5,11-13,16,21-22H,3-4,6-9H2,(H,23,25,26)/t11?,12-,13+,16?. The Morgan fingerprint density at radius 3 is 2.43 bits per heavy atom. The molecule has 1 aromatic carbocycles. The third-order valence-corrected chi connectivity index (χ3v) is 6.28. The number of carbonyl (C=O) groups is 4. The lowest BCUT2D eigenvalue weighted by molar-refractivity contribution is -0.136. The molecule has 146 valence electrons. The molecule has 4 amide bonds. The van der Waals surface area contributed by atoms with E-state index in [1.165, 1.54) is 6.42 Å². The van der Waals surface area contributed by atoms with E-state index in [0.29, 0.717) is 35.8 Å². The van der Waals surface area contributed by atoms with Crippen molar-refractivity contribution in [2.24, 2.45) is 0 Å². The molecule has 0 spiro atoms. The minimum absolute atomic E-state index is 0.122. The van der Waals surface area contributed by atoms with Gasteiger partial charge in [-0.15, -0.1) is 0 Å². The number of rotatable bonds is 4. The molecule has 5 aliphatic rings. The second-order valence-corrected chi connectivity index (χ2v) is 8.17. The molecule has 0 aromatic heterocycles. The summed E-state index contributed by atoms with van der Waals surface area (Å²) in [6.07, 6.45) is 3.79. The highest BCUT2D eigenvalue weighted by Crippen LogP contribution is 2.30. The molecule has 4 atom stereocenters. The Morgan fingerprint density at radius 2 is 1.71 bits per heavy atom. The number of carbonyl (C=O) groups excluding carboxylic acids is 4. The predicted molar refractivity (Wildman–Crippen MR) is 98.3 cm³/mol. The van der Waals surface area contributed by atoms with Gasteiger partial charge in [0.1, 0.15) is 6.04 Å². The van der Waals surface area contributed by atoms with Crippen molar-refractivity contribution in [3.63, 3.8) is 0 Å². The Morgan fingerprint density at radius 1 is 1.00 bits per heavy atom. The fraction of sp³-hybridized carbons (Fsp3) is 0.500. The lowest BCUT2D eigenvalue weighted by Crippen LogP contribution is -2.61. The van der Waals surface area contributed by atoms with E-state index in [9.17, 15) is 19.2 Å². The van der Waals surface area contributed by atoms with E-state index in [1.807, 2.05) is 6.07 Å². The third-order valence-electron chi connectivity index (χ3n) is 6.28. The van der Waals surface area contributed by atoms with Gasteiger partial charge in [0.2, 0.25) is 11.8 Å². The van der Waals surface area contributed by atoms with Crippen molar-refractivity contribution in [1.82, 2.24) is 20.9 Å². The Bertz CT molecular complexity index is 882. The Balaban J connectivity index is 1.30. The molecule has 4 heterocycles. The van der Waals surface area contributed by atoms with Crippen LogP contribution in [0.2, 0.25) is 0 Å². The normalized spacial score (nSPS) is 31.5. The molecule has 3 saturated heterocycles. The van der Waals surface area contributed by atoms with Crippen LogP contribution in [0.15, 0.2) is 18.2 Å². The van der Waals surface area contributed by atoms with Gasteiger partial charge in [0.15, 0.2) is 0 Å². The molecule has 1 aliphatic carbocycles. The molecule has 8 nitrogen and oxygen atoms in total. The molecule has 1 saturated carbocycles. The summed E-state index contributed by atoms with van der Waals surface area (Å²) in [6.45, 7) is 0.636. The summed E-state index contributed by atoms with van der Waals surface area (Å²) in [7, 11) is 0. The molecule has 2 unspecified atom stereocenters. The number of nitrogens with one attached hydrogen (secondary N) is 3. The summed E-state index contributed by atoms with van der Waals surface area (Å²) >= 11 is 0. The summed E-state index contributed by atoms with van der Waals surface area (Å²) in [6, 6.07) is 6.06. The SMILES string of the molecule is O=C1CCC(N2C(=O)c3ccc(CNC4C[C@@H]5C[C@H](C4)N5)cc3C2=O)C(=O)N1. The van der Waals surface area contributed by atoms with E-state index >= 15 is 0 Å². The molecule has 6 rings (SSSR count). The second-order valence-electron chi connectivity index (χ2n) is 8.17. The minimum Gasteiger partial charge on any atom is -0.311 e. The molecule has 3 N–H and O–H groups in total. The van der Waals surface area contributed by atoms with E-state index in [0.717, 1.165) is 23.3 Å². The zero-order valence-corrected chi connectivity index (χ0v) is 15.4. The quantitative estimate of drug-likeness (QED) is 0.636. The maximum Gasteiger partial charge on any atom is 0.262 e. The van der Waals surface area contributed by atoms with E-state index in [2.05, 4.69) is 16.0 Å². The van der Waals surface area contributed by atoms with Crippen molar-refractivity contribution in [3.8, 4) is 0 Å². The summed E-state index contributed by atoms with van der Waals surface area (Å²) in [4.78, 5) is 50.0. The van der Waals surface area contributed by atoms with E-state index < -0.39 is 23.8 Å². The van der Waals surface area contributed by atoms with Crippen molar-refractivity contribution >= 4 is 23.6 Å². The third kappa shape index (κ3) is 2.84. The molecule has 4 fully saturated rings. The number of imide groups is 2. The van der Waals surface area contributed by atoms with Crippen molar-refractivity contribution in [2.75, 3.05) is 0 Å². The Kier molecular flexibility index (Phi) is 4.06. The van der Waals surface area contributed by atoms with Crippen LogP contribution in [0, 0.1) is 0 Å². The van der Waals surface area contributed by atoms with Crippen LogP contribution in [-0.2, 0) is 16.1 Å². The number of piperidine rings is 2. The van der Waals surface area contributed by atoms with Gasteiger partial charge < -0.3 is 10.6 Å². The molecule has 8 heteroatoms. The smallest absolute Gasteiger partial charge is 0.262 e. The lowest BCUT2D eigenvalue weighted by atomic mass is 9.79.